The number of benzene rings is 1. The summed E-state index contributed by atoms with van der Waals surface area (Å²) >= 11 is 0. The van der Waals surface area contributed by atoms with Gasteiger partial charge in [0.1, 0.15) is 6.10 Å². The number of alkyl carbamates (subject to hydrolysis) is 1. The number of amides is 1. The summed E-state index contributed by atoms with van der Waals surface area (Å²) in [6, 6.07) is 6.34. The van der Waals surface area contributed by atoms with E-state index in [1.807, 2.05) is 0 Å². The maximum atomic E-state index is 12.0. The quantitative estimate of drug-likeness (QED) is 0.119. The van der Waals surface area contributed by atoms with E-state index in [2.05, 4.69) is 12.2 Å². The van der Waals surface area contributed by atoms with Crippen LogP contribution in [0.4, 0.5) is 10.5 Å². The molecule has 1 amide bonds. The molecule has 6 heteroatoms. The van der Waals surface area contributed by atoms with Gasteiger partial charge in [0.15, 0.2) is 0 Å². The smallest absolute Gasteiger partial charge is 0.407 e. The predicted octanol–water partition coefficient (Wildman–Crippen LogP) is 8.64. The van der Waals surface area contributed by atoms with Crippen molar-refractivity contribution in [3.05, 3.63) is 39.9 Å². The molecular weight excluding hydrogens is 416 g/mol. The van der Waals surface area contributed by atoms with Gasteiger partial charge in [-0.25, -0.2) is 4.79 Å². The number of nitrogens with zero attached hydrogens (tertiary/aromatic N) is 1. The summed E-state index contributed by atoms with van der Waals surface area (Å²) < 4.78 is 5.30. The highest BCUT2D eigenvalue weighted by Gasteiger charge is 2.20. The molecule has 6 nitrogen and oxygen atoms in total. The van der Waals surface area contributed by atoms with Crippen molar-refractivity contribution in [3.8, 4) is 0 Å². The van der Waals surface area contributed by atoms with E-state index < -0.39 is 17.1 Å². The third kappa shape index (κ3) is 14.6. The summed E-state index contributed by atoms with van der Waals surface area (Å²) in [5.74, 6) is 0. The van der Waals surface area contributed by atoms with Gasteiger partial charge in [-0.05, 0) is 19.4 Å². The number of hydrogen-bond donors (Lipinski definition) is 1. The van der Waals surface area contributed by atoms with Crippen molar-refractivity contribution < 1.29 is 14.5 Å². The third-order valence-electron chi connectivity index (χ3n) is 6.15. The Morgan fingerprint density at radius 1 is 0.848 bits per heavy atom. The topological polar surface area (TPSA) is 81.5 Å². The van der Waals surface area contributed by atoms with E-state index in [0.717, 1.165) is 12.8 Å². The van der Waals surface area contributed by atoms with Gasteiger partial charge in [0.25, 0.3) is 5.69 Å². The molecule has 0 aliphatic heterocycles. The van der Waals surface area contributed by atoms with Gasteiger partial charge < -0.3 is 10.1 Å². The molecule has 1 aromatic rings. The molecule has 0 aliphatic rings. The summed E-state index contributed by atoms with van der Waals surface area (Å²) in [5.41, 5.74) is 0.371. The second-order valence-electron chi connectivity index (χ2n) is 9.09. The van der Waals surface area contributed by atoms with Crippen molar-refractivity contribution in [1.29, 1.82) is 0 Å². The molecule has 0 heterocycles. The fourth-order valence-corrected chi connectivity index (χ4v) is 4.13. The minimum atomic E-state index is -0.669. The lowest BCUT2D eigenvalue weighted by Gasteiger charge is -2.14. The van der Waals surface area contributed by atoms with Crippen LogP contribution in [0, 0.1) is 10.1 Å². The SMILES string of the molecule is CCCCCCCCCCCCCCCCCCNC(=O)OC(C)c1ccccc1[N+](=O)[O-]. The molecule has 33 heavy (non-hydrogen) atoms. The van der Waals surface area contributed by atoms with E-state index in [1.165, 1.54) is 96.0 Å². The summed E-state index contributed by atoms with van der Waals surface area (Å²) in [6.45, 7) is 4.49. The van der Waals surface area contributed by atoms with Gasteiger partial charge in [0.2, 0.25) is 0 Å². The lowest BCUT2D eigenvalue weighted by molar-refractivity contribution is -0.386. The van der Waals surface area contributed by atoms with E-state index in [4.69, 9.17) is 4.74 Å². The van der Waals surface area contributed by atoms with Gasteiger partial charge in [-0.1, -0.05) is 115 Å². The van der Waals surface area contributed by atoms with Crippen LogP contribution in [-0.2, 0) is 4.74 Å². The maximum Gasteiger partial charge on any atom is 0.407 e. The Balaban J connectivity index is 1.93. The second kappa shape index (κ2) is 19.4. The fraction of sp³-hybridized carbons (Fsp3) is 0.741. The molecule has 0 fully saturated rings. The number of hydrogen-bond acceptors (Lipinski definition) is 4. The van der Waals surface area contributed by atoms with Gasteiger partial charge >= 0.3 is 6.09 Å². The summed E-state index contributed by atoms with van der Waals surface area (Å²) in [5, 5.41) is 13.9. The molecular formula is C27H46N2O4. The van der Waals surface area contributed by atoms with Crippen LogP contribution < -0.4 is 5.32 Å². The molecule has 0 spiro atoms. The molecule has 0 saturated carbocycles. The highest BCUT2D eigenvalue weighted by atomic mass is 16.6. The molecule has 188 valence electrons. The van der Waals surface area contributed by atoms with E-state index in [9.17, 15) is 14.9 Å². The number of nitro groups is 1. The first-order valence-corrected chi connectivity index (χ1v) is 13.2. The number of carbonyl (C=O) groups is 1. The monoisotopic (exact) mass is 462 g/mol. The van der Waals surface area contributed by atoms with Gasteiger partial charge in [-0.3, -0.25) is 10.1 Å². The molecule has 0 bridgehead atoms. The van der Waals surface area contributed by atoms with Crippen molar-refractivity contribution in [3.63, 3.8) is 0 Å². The van der Waals surface area contributed by atoms with Gasteiger partial charge in [0.05, 0.1) is 10.5 Å². The number of nitrogens with one attached hydrogen (secondary N) is 1. The van der Waals surface area contributed by atoms with Crippen LogP contribution in [0.3, 0.4) is 0 Å². The molecule has 0 saturated heterocycles. The van der Waals surface area contributed by atoms with Crippen LogP contribution in [0.25, 0.3) is 0 Å². The Hall–Kier alpha value is -2.11. The van der Waals surface area contributed by atoms with Crippen LogP contribution >= 0.6 is 0 Å². The normalized spacial score (nSPS) is 11.8. The Morgan fingerprint density at radius 3 is 1.79 bits per heavy atom. The molecule has 1 rings (SSSR count). The number of nitro benzene ring substituents is 1. The lowest BCUT2D eigenvalue weighted by Crippen LogP contribution is -2.26. The summed E-state index contributed by atoms with van der Waals surface area (Å²) in [7, 11) is 0. The van der Waals surface area contributed by atoms with Crippen LogP contribution in [0.5, 0.6) is 0 Å². The van der Waals surface area contributed by atoms with Crippen molar-refractivity contribution in [2.75, 3.05) is 6.54 Å². The summed E-state index contributed by atoms with van der Waals surface area (Å²) in [4.78, 5) is 22.6. The first-order valence-electron chi connectivity index (χ1n) is 13.2. The number of para-hydroxylation sites is 1. The van der Waals surface area contributed by atoms with Crippen molar-refractivity contribution in [2.24, 2.45) is 0 Å². The zero-order chi connectivity index (χ0) is 24.2. The number of unbranched alkanes of at least 4 members (excludes halogenated alkanes) is 15. The Labute approximate surface area is 201 Å². The van der Waals surface area contributed by atoms with Crippen molar-refractivity contribution >= 4 is 11.8 Å². The minimum absolute atomic E-state index is 0.0318. The standard InChI is InChI=1S/C27H46N2O4/c1-3-4-5-6-7-8-9-10-11-12-13-14-15-16-17-20-23-28-27(30)33-24(2)25-21-18-19-22-26(25)29(31)32/h18-19,21-22,24H,3-17,20,23H2,1-2H3,(H,28,30). The third-order valence-corrected chi connectivity index (χ3v) is 6.15. The zero-order valence-electron chi connectivity index (χ0n) is 21.0. The average Bonchev–Trinajstić information content (AvgIpc) is 2.81. The van der Waals surface area contributed by atoms with Crippen LogP contribution in [0.1, 0.15) is 128 Å². The van der Waals surface area contributed by atoms with E-state index in [0.29, 0.717) is 12.1 Å². The number of rotatable bonds is 20. The molecule has 1 aromatic carbocycles. The van der Waals surface area contributed by atoms with Gasteiger partial charge in [0, 0.05) is 12.6 Å². The predicted molar refractivity (Wildman–Crippen MR) is 136 cm³/mol. The van der Waals surface area contributed by atoms with E-state index >= 15 is 0 Å². The first-order chi connectivity index (χ1) is 16.1. The molecule has 1 N–H and O–H groups in total. The van der Waals surface area contributed by atoms with E-state index in [-0.39, 0.29) is 5.69 Å². The van der Waals surface area contributed by atoms with Gasteiger partial charge in [-0.15, -0.1) is 0 Å². The number of carbonyl (C=O) groups excluding carboxylic acids is 1. The first kappa shape index (κ1) is 28.9. The van der Waals surface area contributed by atoms with Gasteiger partial charge in [-0.2, -0.15) is 0 Å². The Morgan fingerprint density at radius 2 is 1.30 bits per heavy atom. The van der Waals surface area contributed by atoms with Crippen molar-refractivity contribution in [1.82, 2.24) is 5.32 Å². The zero-order valence-corrected chi connectivity index (χ0v) is 21.0. The summed E-state index contributed by atoms with van der Waals surface area (Å²) in [6.07, 6.45) is 19.9. The molecule has 0 aromatic heterocycles. The van der Waals surface area contributed by atoms with Crippen LogP contribution in [-0.4, -0.2) is 17.6 Å². The average molecular weight is 463 g/mol. The number of ether oxygens (including phenoxy) is 1. The van der Waals surface area contributed by atoms with E-state index in [1.54, 1.807) is 25.1 Å². The molecule has 1 unspecified atom stereocenters. The fourth-order valence-electron chi connectivity index (χ4n) is 4.13. The molecule has 0 aliphatic carbocycles. The Kier molecular flexibility index (Phi) is 17.0. The minimum Gasteiger partial charge on any atom is -0.441 e. The molecule has 1 atom stereocenters. The van der Waals surface area contributed by atoms with Crippen LogP contribution in [0.2, 0.25) is 0 Å². The molecule has 0 radical (unpaired) electrons. The van der Waals surface area contributed by atoms with Crippen LogP contribution in [0.15, 0.2) is 24.3 Å². The highest BCUT2D eigenvalue weighted by Crippen LogP contribution is 2.26. The largest absolute Gasteiger partial charge is 0.441 e. The second-order valence-corrected chi connectivity index (χ2v) is 9.09. The maximum absolute atomic E-state index is 12.0. The highest BCUT2D eigenvalue weighted by molar-refractivity contribution is 5.67. The Bertz CT molecular complexity index is 651. The lowest BCUT2D eigenvalue weighted by atomic mass is 10.0. The van der Waals surface area contributed by atoms with Crippen molar-refractivity contribution in [2.45, 2.75) is 123 Å².